The molecule has 0 aromatic heterocycles. The summed E-state index contributed by atoms with van der Waals surface area (Å²) in [4.78, 5) is 12.8. The van der Waals surface area contributed by atoms with Gasteiger partial charge in [-0.1, -0.05) is 31.2 Å². The first kappa shape index (κ1) is 14.6. The molecule has 1 amide bonds. The maximum Gasteiger partial charge on any atom is 0.227 e. The van der Waals surface area contributed by atoms with Crippen molar-refractivity contribution in [1.82, 2.24) is 5.32 Å². The highest BCUT2D eigenvalue weighted by molar-refractivity contribution is 5.83. The van der Waals surface area contributed by atoms with E-state index in [0.717, 1.165) is 44.4 Å². The number of fused-ring (bicyclic) bond motifs is 1. The molecule has 1 aromatic rings. The Morgan fingerprint density at radius 2 is 1.81 bits per heavy atom. The zero-order valence-corrected chi connectivity index (χ0v) is 12.9. The number of hydrogen-bond donors (Lipinski definition) is 2. The maximum atomic E-state index is 12.8. The van der Waals surface area contributed by atoms with Crippen LogP contribution in [0.5, 0.6) is 0 Å². The third kappa shape index (κ3) is 2.84. The van der Waals surface area contributed by atoms with Gasteiger partial charge in [0, 0.05) is 12.6 Å². The molecular weight excluding hydrogens is 260 g/mol. The fourth-order valence-corrected chi connectivity index (χ4v) is 3.84. The van der Waals surface area contributed by atoms with Gasteiger partial charge in [-0.2, -0.15) is 0 Å². The highest BCUT2D eigenvalue weighted by Crippen LogP contribution is 2.38. The van der Waals surface area contributed by atoms with Crippen LogP contribution in [0.3, 0.4) is 0 Å². The van der Waals surface area contributed by atoms with Crippen LogP contribution in [0.15, 0.2) is 24.3 Å². The summed E-state index contributed by atoms with van der Waals surface area (Å²) in [5.74, 6) is 0.919. The Bertz CT molecular complexity index is 493. The molecule has 21 heavy (non-hydrogen) atoms. The molecule has 3 rings (SSSR count). The van der Waals surface area contributed by atoms with Crippen LogP contribution in [0, 0.1) is 11.3 Å². The summed E-state index contributed by atoms with van der Waals surface area (Å²) in [7, 11) is 0. The lowest BCUT2D eigenvalue weighted by atomic mass is 9.70. The van der Waals surface area contributed by atoms with Gasteiger partial charge in [0.1, 0.15) is 0 Å². The Kier molecular flexibility index (Phi) is 4.03. The molecule has 114 valence electrons. The van der Waals surface area contributed by atoms with Gasteiger partial charge in [-0.3, -0.25) is 4.79 Å². The van der Waals surface area contributed by atoms with Crippen LogP contribution in [0.1, 0.15) is 43.7 Å². The molecule has 2 aliphatic rings. The molecule has 3 N–H and O–H groups in total. The summed E-state index contributed by atoms with van der Waals surface area (Å²) in [6.45, 7) is 2.75. The Hall–Kier alpha value is -1.35. The Morgan fingerprint density at radius 3 is 2.33 bits per heavy atom. The predicted octanol–water partition coefficient (Wildman–Crippen LogP) is 2.43. The lowest BCUT2D eigenvalue weighted by Gasteiger charge is -2.37. The van der Waals surface area contributed by atoms with Gasteiger partial charge in [0.15, 0.2) is 0 Å². The molecule has 2 aliphatic carbocycles. The number of carbonyl (C=O) groups is 1. The lowest BCUT2D eigenvalue weighted by molar-refractivity contribution is -0.133. The molecule has 3 heteroatoms. The van der Waals surface area contributed by atoms with Crippen molar-refractivity contribution in [3.63, 3.8) is 0 Å². The normalized spacial score (nSPS) is 29.1. The molecule has 0 saturated heterocycles. The number of nitrogens with one attached hydrogen (secondary N) is 1. The molecule has 0 atom stereocenters. The number of carbonyl (C=O) groups excluding carboxylic acids is 1. The van der Waals surface area contributed by atoms with E-state index < -0.39 is 0 Å². The molecule has 0 radical (unpaired) electrons. The molecule has 1 fully saturated rings. The van der Waals surface area contributed by atoms with Crippen LogP contribution in [0.4, 0.5) is 0 Å². The largest absolute Gasteiger partial charge is 0.352 e. The predicted molar refractivity (Wildman–Crippen MR) is 84.9 cm³/mol. The van der Waals surface area contributed by atoms with Crippen molar-refractivity contribution in [3.05, 3.63) is 35.4 Å². The highest BCUT2D eigenvalue weighted by atomic mass is 16.2. The summed E-state index contributed by atoms with van der Waals surface area (Å²) < 4.78 is 0. The summed E-state index contributed by atoms with van der Waals surface area (Å²) in [6, 6.07) is 8.74. The van der Waals surface area contributed by atoms with E-state index in [4.69, 9.17) is 5.73 Å². The van der Waals surface area contributed by atoms with E-state index in [9.17, 15) is 4.79 Å². The lowest BCUT2D eigenvalue weighted by Crippen LogP contribution is -2.51. The number of rotatable bonds is 3. The first-order valence-electron chi connectivity index (χ1n) is 8.21. The van der Waals surface area contributed by atoms with Crippen molar-refractivity contribution in [2.24, 2.45) is 17.1 Å². The maximum absolute atomic E-state index is 12.8. The first-order chi connectivity index (χ1) is 10.1. The molecule has 0 aliphatic heterocycles. The zero-order valence-electron chi connectivity index (χ0n) is 12.9. The van der Waals surface area contributed by atoms with Crippen molar-refractivity contribution in [1.29, 1.82) is 0 Å². The van der Waals surface area contributed by atoms with E-state index in [0.29, 0.717) is 6.54 Å². The Balaban J connectivity index is 1.64. The first-order valence-corrected chi connectivity index (χ1v) is 8.21. The van der Waals surface area contributed by atoms with Crippen LogP contribution >= 0.6 is 0 Å². The molecule has 0 unspecified atom stereocenters. The van der Waals surface area contributed by atoms with Crippen LogP contribution in [0.2, 0.25) is 0 Å². The molecular formula is C18H26N2O. The van der Waals surface area contributed by atoms with Crippen molar-refractivity contribution >= 4 is 5.91 Å². The summed E-state index contributed by atoms with van der Waals surface area (Å²) in [6.07, 6.45) is 6.04. The van der Waals surface area contributed by atoms with Crippen molar-refractivity contribution in [2.45, 2.75) is 51.5 Å². The second-order valence-corrected chi connectivity index (χ2v) is 7.01. The van der Waals surface area contributed by atoms with Crippen molar-refractivity contribution < 1.29 is 4.79 Å². The van der Waals surface area contributed by atoms with E-state index in [2.05, 4.69) is 36.5 Å². The van der Waals surface area contributed by atoms with Gasteiger partial charge in [-0.25, -0.2) is 0 Å². The average molecular weight is 286 g/mol. The number of benzene rings is 1. The van der Waals surface area contributed by atoms with Gasteiger partial charge in [0.25, 0.3) is 0 Å². The fourth-order valence-electron chi connectivity index (χ4n) is 3.84. The van der Waals surface area contributed by atoms with E-state index in [1.165, 1.54) is 11.1 Å². The summed E-state index contributed by atoms with van der Waals surface area (Å²) >= 11 is 0. The molecule has 0 spiro atoms. The fraction of sp³-hybridized carbons (Fsp3) is 0.611. The zero-order chi connectivity index (χ0) is 14.9. The third-order valence-electron chi connectivity index (χ3n) is 5.49. The standard InChI is InChI=1S/C18H26N2O/c1-13-6-8-18(12-19,9-7-13)17(21)20-16-10-14-4-2-3-5-15(14)11-16/h2-5,13,16H,6-12,19H2,1H3,(H,20,21). The van der Waals surface area contributed by atoms with Gasteiger partial charge >= 0.3 is 0 Å². The Morgan fingerprint density at radius 1 is 1.24 bits per heavy atom. The van der Waals surface area contributed by atoms with Crippen LogP contribution in [-0.4, -0.2) is 18.5 Å². The topological polar surface area (TPSA) is 55.1 Å². The second-order valence-electron chi connectivity index (χ2n) is 7.01. The number of amides is 1. The van der Waals surface area contributed by atoms with E-state index in [-0.39, 0.29) is 17.4 Å². The van der Waals surface area contributed by atoms with Crippen LogP contribution in [0.25, 0.3) is 0 Å². The average Bonchev–Trinajstić information content (AvgIpc) is 2.90. The summed E-state index contributed by atoms with van der Waals surface area (Å²) in [5, 5.41) is 3.28. The highest BCUT2D eigenvalue weighted by Gasteiger charge is 2.40. The molecule has 0 bridgehead atoms. The van der Waals surface area contributed by atoms with E-state index in [1.807, 2.05) is 0 Å². The molecule has 1 saturated carbocycles. The van der Waals surface area contributed by atoms with Gasteiger partial charge in [-0.15, -0.1) is 0 Å². The SMILES string of the molecule is CC1CCC(CN)(C(=O)NC2Cc3ccccc3C2)CC1. The molecule has 1 aromatic carbocycles. The number of nitrogens with two attached hydrogens (primary N) is 1. The van der Waals surface area contributed by atoms with Gasteiger partial charge in [-0.05, 0) is 55.6 Å². The van der Waals surface area contributed by atoms with Crippen LogP contribution < -0.4 is 11.1 Å². The monoisotopic (exact) mass is 286 g/mol. The van der Waals surface area contributed by atoms with Crippen molar-refractivity contribution in [3.8, 4) is 0 Å². The summed E-state index contributed by atoms with van der Waals surface area (Å²) in [5.41, 5.74) is 8.42. The van der Waals surface area contributed by atoms with E-state index >= 15 is 0 Å². The smallest absolute Gasteiger partial charge is 0.227 e. The molecule has 0 heterocycles. The number of hydrogen-bond acceptors (Lipinski definition) is 2. The van der Waals surface area contributed by atoms with Gasteiger partial charge in [0.2, 0.25) is 5.91 Å². The Labute approximate surface area is 127 Å². The quantitative estimate of drug-likeness (QED) is 0.896. The minimum absolute atomic E-state index is 0.190. The third-order valence-corrected chi connectivity index (χ3v) is 5.49. The van der Waals surface area contributed by atoms with Gasteiger partial charge < -0.3 is 11.1 Å². The van der Waals surface area contributed by atoms with Crippen molar-refractivity contribution in [2.75, 3.05) is 6.54 Å². The second kappa shape index (κ2) is 5.80. The minimum Gasteiger partial charge on any atom is -0.352 e. The van der Waals surface area contributed by atoms with Gasteiger partial charge in [0.05, 0.1) is 5.41 Å². The molecule has 3 nitrogen and oxygen atoms in total. The van der Waals surface area contributed by atoms with E-state index in [1.54, 1.807) is 0 Å². The van der Waals surface area contributed by atoms with Crippen LogP contribution in [-0.2, 0) is 17.6 Å². The minimum atomic E-state index is -0.318.